The van der Waals surface area contributed by atoms with E-state index < -0.39 is 39.8 Å². The van der Waals surface area contributed by atoms with E-state index in [0.717, 1.165) is 24.3 Å². The zero-order valence-corrected chi connectivity index (χ0v) is 12.9. The average molecular weight is 369 g/mol. The third kappa shape index (κ3) is 4.54. The first-order valence-electron chi connectivity index (χ1n) is 6.43. The predicted octanol–water partition coefficient (Wildman–Crippen LogP) is 2.50. The fourth-order valence-corrected chi connectivity index (χ4v) is 2.38. The molecule has 1 N–H and O–H groups in total. The third-order valence-corrected chi connectivity index (χ3v) is 3.75. The summed E-state index contributed by atoms with van der Waals surface area (Å²) >= 11 is 0.590. The van der Waals surface area contributed by atoms with Gasteiger partial charge in [-0.1, -0.05) is 11.3 Å². The molecule has 0 aliphatic carbocycles. The second-order valence-electron chi connectivity index (χ2n) is 4.44. The van der Waals surface area contributed by atoms with Crippen LogP contribution in [0.1, 0.15) is 9.67 Å². The molecule has 0 spiro atoms. The Bertz CT molecular complexity index is 867. The number of nitro groups is 2. The number of nitrogens with one attached hydrogen (secondary N) is 1. The molecule has 0 aliphatic rings. The molecule has 0 fully saturated rings. The highest BCUT2D eigenvalue weighted by atomic mass is 32.1. The SMILES string of the molecule is O=C(COC(=O)c1ccc([N+](=O)[O-])s1)Nc1ccc(F)c([N+](=O)[O-])c1. The summed E-state index contributed by atoms with van der Waals surface area (Å²) in [6.45, 7) is -0.726. The van der Waals surface area contributed by atoms with Crippen LogP contribution in [0.2, 0.25) is 0 Å². The van der Waals surface area contributed by atoms with Crippen LogP contribution in [0.4, 0.5) is 20.8 Å². The van der Waals surface area contributed by atoms with Gasteiger partial charge in [-0.2, -0.15) is 4.39 Å². The largest absolute Gasteiger partial charge is 0.451 e. The number of carbonyl (C=O) groups excluding carboxylic acids is 2. The molecular formula is C13H8FN3O7S. The number of amides is 1. The number of ether oxygens (including phenoxy) is 1. The molecule has 0 saturated heterocycles. The van der Waals surface area contributed by atoms with Crippen LogP contribution < -0.4 is 5.32 Å². The van der Waals surface area contributed by atoms with Crippen molar-refractivity contribution in [2.45, 2.75) is 0 Å². The van der Waals surface area contributed by atoms with E-state index in [1.807, 2.05) is 0 Å². The summed E-state index contributed by atoms with van der Waals surface area (Å²) in [5, 5.41) is 23.1. The summed E-state index contributed by atoms with van der Waals surface area (Å²) in [5.74, 6) is -2.81. The molecule has 130 valence electrons. The van der Waals surface area contributed by atoms with Gasteiger partial charge in [-0.05, 0) is 18.2 Å². The molecule has 1 aromatic carbocycles. The van der Waals surface area contributed by atoms with Gasteiger partial charge < -0.3 is 10.1 Å². The Morgan fingerprint density at radius 2 is 1.88 bits per heavy atom. The van der Waals surface area contributed by atoms with Crippen LogP contribution >= 0.6 is 11.3 Å². The van der Waals surface area contributed by atoms with Crippen LogP contribution in [0.3, 0.4) is 0 Å². The Morgan fingerprint density at radius 1 is 1.16 bits per heavy atom. The van der Waals surface area contributed by atoms with Crippen molar-refractivity contribution in [3.05, 3.63) is 61.3 Å². The summed E-state index contributed by atoms with van der Waals surface area (Å²) < 4.78 is 17.9. The number of nitro benzene ring substituents is 1. The maximum Gasteiger partial charge on any atom is 0.349 e. The van der Waals surface area contributed by atoms with Gasteiger partial charge in [0.25, 0.3) is 5.91 Å². The molecule has 0 aliphatic heterocycles. The molecule has 0 bridgehead atoms. The van der Waals surface area contributed by atoms with E-state index in [1.54, 1.807) is 0 Å². The minimum Gasteiger partial charge on any atom is -0.451 e. The Hall–Kier alpha value is -3.41. The molecule has 0 radical (unpaired) electrons. The minimum absolute atomic E-state index is 0.0547. The quantitative estimate of drug-likeness (QED) is 0.468. The van der Waals surface area contributed by atoms with Crippen LogP contribution in [0, 0.1) is 26.0 Å². The van der Waals surface area contributed by atoms with Crippen molar-refractivity contribution in [2.75, 3.05) is 11.9 Å². The zero-order valence-electron chi connectivity index (χ0n) is 12.1. The molecule has 10 nitrogen and oxygen atoms in total. The van der Waals surface area contributed by atoms with Crippen molar-refractivity contribution in [3.8, 4) is 0 Å². The van der Waals surface area contributed by atoms with E-state index in [9.17, 15) is 34.2 Å². The van der Waals surface area contributed by atoms with Gasteiger partial charge in [0.15, 0.2) is 6.61 Å². The third-order valence-electron chi connectivity index (χ3n) is 2.73. The Balaban J connectivity index is 1.94. The minimum atomic E-state index is -1.06. The molecule has 1 heterocycles. The number of rotatable bonds is 6. The Kier molecular flexibility index (Phi) is 5.34. The fraction of sp³-hybridized carbons (Fsp3) is 0.0769. The van der Waals surface area contributed by atoms with Crippen LogP contribution in [0.5, 0.6) is 0 Å². The van der Waals surface area contributed by atoms with Gasteiger partial charge in [0, 0.05) is 17.8 Å². The van der Waals surface area contributed by atoms with Gasteiger partial charge in [-0.25, -0.2) is 4.79 Å². The molecule has 1 amide bonds. The predicted molar refractivity (Wildman–Crippen MR) is 82.9 cm³/mol. The molecule has 1 aromatic heterocycles. The van der Waals surface area contributed by atoms with E-state index in [-0.39, 0.29) is 15.6 Å². The van der Waals surface area contributed by atoms with Gasteiger partial charge in [-0.3, -0.25) is 25.0 Å². The highest BCUT2D eigenvalue weighted by Crippen LogP contribution is 2.24. The normalized spacial score (nSPS) is 10.1. The van der Waals surface area contributed by atoms with Crippen LogP contribution in [-0.2, 0) is 9.53 Å². The zero-order chi connectivity index (χ0) is 18.6. The molecular weight excluding hydrogens is 361 g/mol. The Labute approximate surface area is 142 Å². The van der Waals surface area contributed by atoms with Crippen LogP contribution in [-0.4, -0.2) is 28.3 Å². The smallest absolute Gasteiger partial charge is 0.349 e. The van der Waals surface area contributed by atoms with Gasteiger partial charge >= 0.3 is 16.7 Å². The second-order valence-corrected chi connectivity index (χ2v) is 5.50. The molecule has 2 rings (SSSR count). The maximum atomic E-state index is 13.2. The van der Waals surface area contributed by atoms with Crippen molar-refractivity contribution >= 4 is 39.6 Å². The number of esters is 1. The van der Waals surface area contributed by atoms with Crippen LogP contribution in [0.25, 0.3) is 0 Å². The highest BCUT2D eigenvalue weighted by molar-refractivity contribution is 7.17. The molecule has 12 heteroatoms. The number of hydrogen-bond donors (Lipinski definition) is 1. The van der Waals surface area contributed by atoms with Gasteiger partial charge in [0.2, 0.25) is 5.82 Å². The van der Waals surface area contributed by atoms with Crippen molar-refractivity contribution in [3.63, 3.8) is 0 Å². The maximum absolute atomic E-state index is 13.2. The van der Waals surface area contributed by atoms with Gasteiger partial charge in [-0.15, -0.1) is 0 Å². The lowest BCUT2D eigenvalue weighted by Gasteiger charge is -2.06. The average Bonchev–Trinajstić information content (AvgIpc) is 3.04. The van der Waals surface area contributed by atoms with Crippen molar-refractivity contribution in [1.29, 1.82) is 0 Å². The molecule has 0 atom stereocenters. The lowest BCUT2D eigenvalue weighted by Crippen LogP contribution is -2.20. The lowest BCUT2D eigenvalue weighted by atomic mass is 10.2. The molecule has 0 unspecified atom stereocenters. The molecule has 25 heavy (non-hydrogen) atoms. The van der Waals surface area contributed by atoms with E-state index in [0.29, 0.717) is 11.3 Å². The summed E-state index contributed by atoms with van der Waals surface area (Å²) in [4.78, 5) is 42.8. The number of benzene rings is 1. The topological polar surface area (TPSA) is 142 Å². The second kappa shape index (κ2) is 7.44. The van der Waals surface area contributed by atoms with Crippen molar-refractivity contribution in [1.82, 2.24) is 0 Å². The first-order chi connectivity index (χ1) is 11.8. The standard InChI is InChI=1S/C13H8FN3O7S/c14-8-2-1-7(5-9(8)16(20)21)15-11(18)6-24-13(19)10-3-4-12(25-10)17(22)23/h1-5H,6H2,(H,15,18). The van der Waals surface area contributed by atoms with Crippen LogP contribution in [0.15, 0.2) is 30.3 Å². The fourth-order valence-electron chi connectivity index (χ4n) is 1.67. The number of hydrogen-bond acceptors (Lipinski definition) is 8. The molecule has 0 saturated carbocycles. The summed E-state index contributed by atoms with van der Waals surface area (Å²) in [6, 6.07) is 5.04. The highest BCUT2D eigenvalue weighted by Gasteiger charge is 2.18. The Morgan fingerprint density at radius 3 is 2.48 bits per heavy atom. The van der Waals surface area contributed by atoms with E-state index in [1.165, 1.54) is 6.07 Å². The van der Waals surface area contributed by atoms with E-state index in [4.69, 9.17) is 0 Å². The summed E-state index contributed by atoms with van der Waals surface area (Å²) in [6.07, 6.45) is 0. The first-order valence-corrected chi connectivity index (χ1v) is 7.24. The van der Waals surface area contributed by atoms with Crippen molar-refractivity contribution < 1.29 is 28.6 Å². The van der Waals surface area contributed by atoms with Gasteiger partial charge in [0.1, 0.15) is 4.88 Å². The van der Waals surface area contributed by atoms with E-state index >= 15 is 0 Å². The molecule has 2 aromatic rings. The monoisotopic (exact) mass is 369 g/mol. The van der Waals surface area contributed by atoms with Crippen molar-refractivity contribution in [2.24, 2.45) is 0 Å². The van der Waals surface area contributed by atoms with E-state index in [2.05, 4.69) is 10.1 Å². The number of thiophene rings is 1. The number of nitrogens with zero attached hydrogens (tertiary/aromatic N) is 2. The summed E-state index contributed by atoms with van der Waals surface area (Å²) in [7, 11) is 0. The lowest BCUT2D eigenvalue weighted by molar-refractivity contribution is -0.387. The summed E-state index contributed by atoms with van der Waals surface area (Å²) in [5.41, 5.74) is -0.874. The number of halogens is 1. The number of carbonyl (C=O) groups is 2. The number of anilines is 1. The van der Waals surface area contributed by atoms with Gasteiger partial charge in [0.05, 0.1) is 9.85 Å². The first kappa shape index (κ1) is 17.9.